The fourth-order valence-electron chi connectivity index (χ4n) is 3.75. The van der Waals surface area contributed by atoms with Crippen LogP contribution in [0.4, 0.5) is 0 Å². The van der Waals surface area contributed by atoms with E-state index < -0.39 is 32.7 Å². The standard InChI is InChI=1S/C19H28N4O5S/c1-14(2)29(26,27)23-12-16(19(13-23)18(25)21-9-11-28-19)17(24)22(3)10-7-15-6-4-5-8-20-15/h4-6,8,14,16H,7,9-13H2,1-3H3,(H,21,25)/t16-,19-/m1/s1. The van der Waals surface area contributed by atoms with E-state index in [2.05, 4.69) is 10.3 Å². The summed E-state index contributed by atoms with van der Waals surface area (Å²) in [7, 11) is -1.98. The van der Waals surface area contributed by atoms with Gasteiger partial charge in [0.05, 0.1) is 24.3 Å². The smallest absolute Gasteiger partial charge is 0.254 e. The SMILES string of the molecule is CC(C)S(=O)(=O)N1C[C@H](C(=O)N(C)CCc2ccccn2)[C@@]2(C1)OCCNC2=O. The average Bonchev–Trinajstić information content (AvgIpc) is 3.09. The maximum atomic E-state index is 13.3. The van der Waals surface area contributed by atoms with Gasteiger partial charge in [-0.15, -0.1) is 0 Å². The predicted molar refractivity (Wildman–Crippen MR) is 106 cm³/mol. The Morgan fingerprint density at radius 2 is 2.21 bits per heavy atom. The molecule has 0 aromatic carbocycles. The Kier molecular flexibility index (Phi) is 6.25. The molecule has 29 heavy (non-hydrogen) atoms. The zero-order chi connectivity index (χ0) is 21.2. The van der Waals surface area contributed by atoms with Crippen LogP contribution in [0.2, 0.25) is 0 Å². The van der Waals surface area contributed by atoms with E-state index >= 15 is 0 Å². The van der Waals surface area contributed by atoms with Crippen molar-refractivity contribution in [1.82, 2.24) is 19.5 Å². The summed E-state index contributed by atoms with van der Waals surface area (Å²) in [4.78, 5) is 31.8. The van der Waals surface area contributed by atoms with Crippen molar-refractivity contribution in [3.05, 3.63) is 30.1 Å². The molecule has 1 N–H and O–H groups in total. The number of sulfonamides is 1. The molecule has 3 heterocycles. The summed E-state index contributed by atoms with van der Waals surface area (Å²) in [5, 5.41) is 2.08. The molecular weight excluding hydrogens is 396 g/mol. The third-order valence-electron chi connectivity index (χ3n) is 5.55. The first-order valence-corrected chi connectivity index (χ1v) is 11.2. The Morgan fingerprint density at radius 3 is 2.83 bits per heavy atom. The lowest BCUT2D eigenvalue weighted by Gasteiger charge is -2.37. The summed E-state index contributed by atoms with van der Waals surface area (Å²) in [6.45, 7) is 3.93. The molecule has 2 saturated heterocycles. The zero-order valence-electron chi connectivity index (χ0n) is 17.0. The quantitative estimate of drug-likeness (QED) is 0.668. The number of morpholine rings is 1. The summed E-state index contributed by atoms with van der Waals surface area (Å²) < 4.78 is 32.5. The number of carbonyl (C=O) groups excluding carboxylic acids is 2. The second-order valence-corrected chi connectivity index (χ2v) is 10.3. The molecule has 2 fully saturated rings. The van der Waals surface area contributed by atoms with Crippen LogP contribution in [0, 0.1) is 5.92 Å². The van der Waals surface area contributed by atoms with Crippen LogP contribution in [0.25, 0.3) is 0 Å². The fourth-order valence-corrected chi connectivity index (χ4v) is 5.08. The molecule has 160 valence electrons. The van der Waals surface area contributed by atoms with Crippen LogP contribution < -0.4 is 5.32 Å². The van der Waals surface area contributed by atoms with Crippen LogP contribution in [-0.4, -0.2) is 85.1 Å². The minimum atomic E-state index is -3.63. The Morgan fingerprint density at radius 1 is 1.45 bits per heavy atom. The van der Waals surface area contributed by atoms with Gasteiger partial charge in [-0.3, -0.25) is 14.6 Å². The lowest BCUT2D eigenvalue weighted by Crippen LogP contribution is -2.62. The number of pyridine rings is 1. The highest BCUT2D eigenvalue weighted by atomic mass is 32.2. The molecule has 2 amide bonds. The number of hydrogen-bond acceptors (Lipinski definition) is 6. The molecule has 1 aromatic heterocycles. The van der Waals surface area contributed by atoms with Gasteiger partial charge < -0.3 is 15.0 Å². The highest BCUT2D eigenvalue weighted by Crippen LogP contribution is 2.36. The summed E-state index contributed by atoms with van der Waals surface area (Å²) >= 11 is 0. The molecule has 2 aliphatic heterocycles. The molecule has 3 rings (SSSR count). The lowest BCUT2D eigenvalue weighted by atomic mass is 9.87. The van der Waals surface area contributed by atoms with Crippen molar-refractivity contribution >= 4 is 21.8 Å². The summed E-state index contributed by atoms with van der Waals surface area (Å²) in [6, 6.07) is 5.58. The molecule has 9 nitrogen and oxygen atoms in total. The van der Waals surface area contributed by atoms with Crippen molar-refractivity contribution in [2.24, 2.45) is 5.92 Å². The average molecular weight is 425 g/mol. The van der Waals surface area contributed by atoms with Crippen LogP contribution >= 0.6 is 0 Å². The largest absolute Gasteiger partial charge is 0.361 e. The Balaban J connectivity index is 1.81. The Labute approximate surface area is 171 Å². The minimum absolute atomic E-state index is 0.0688. The van der Waals surface area contributed by atoms with E-state index in [-0.39, 0.29) is 25.6 Å². The molecular formula is C19H28N4O5S. The van der Waals surface area contributed by atoms with Crippen molar-refractivity contribution in [1.29, 1.82) is 0 Å². The highest BCUT2D eigenvalue weighted by molar-refractivity contribution is 7.89. The van der Waals surface area contributed by atoms with Gasteiger partial charge in [-0.2, -0.15) is 4.31 Å². The van der Waals surface area contributed by atoms with Crippen LogP contribution in [0.3, 0.4) is 0 Å². The number of ether oxygens (including phenoxy) is 1. The van der Waals surface area contributed by atoms with Crippen molar-refractivity contribution in [3.8, 4) is 0 Å². The molecule has 0 bridgehead atoms. The molecule has 0 saturated carbocycles. The number of aromatic nitrogens is 1. The lowest BCUT2D eigenvalue weighted by molar-refractivity contribution is -0.166. The van der Waals surface area contributed by atoms with Gasteiger partial charge in [0.25, 0.3) is 5.91 Å². The maximum Gasteiger partial charge on any atom is 0.254 e. The van der Waals surface area contributed by atoms with E-state index in [4.69, 9.17) is 4.74 Å². The van der Waals surface area contributed by atoms with Gasteiger partial charge in [0.15, 0.2) is 5.60 Å². The van der Waals surface area contributed by atoms with Crippen LogP contribution in [0.15, 0.2) is 24.4 Å². The van der Waals surface area contributed by atoms with Gasteiger partial charge in [0.1, 0.15) is 0 Å². The maximum absolute atomic E-state index is 13.3. The van der Waals surface area contributed by atoms with Crippen molar-refractivity contribution in [3.63, 3.8) is 0 Å². The fraction of sp³-hybridized carbons (Fsp3) is 0.632. The van der Waals surface area contributed by atoms with Crippen molar-refractivity contribution in [2.75, 3.05) is 39.8 Å². The molecule has 0 radical (unpaired) electrons. The van der Waals surface area contributed by atoms with Crippen LogP contribution in [-0.2, 0) is 30.8 Å². The van der Waals surface area contributed by atoms with Gasteiger partial charge in [-0.25, -0.2) is 8.42 Å². The van der Waals surface area contributed by atoms with E-state index in [0.717, 1.165) is 5.69 Å². The number of amides is 2. The zero-order valence-corrected chi connectivity index (χ0v) is 17.8. The number of nitrogens with zero attached hydrogens (tertiary/aromatic N) is 3. The van der Waals surface area contributed by atoms with Gasteiger partial charge in [0.2, 0.25) is 15.9 Å². The molecule has 1 aromatic rings. The van der Waals surface area contributed by atoms with Crippen LogP contribution in [0.5, 0.6) is 0 Å². The minimum Gasteiger partial charge on any atom is -0.361 e. The monoisotopic (exact) mass is 424 g/mol. The Hall–Kier alpha value is -2.04. The van der Waals surface area contributed by atoms with Gasteiger partial charge in [-0.1, -0.05) is 6.07 Å². The van der Waals surface area contributed by atoms with E-state index in [1.165, 1.54) is 9.21 Å². The third-order valence-corrected chi connectivity index (χ3v) is 7.74. The van der Waals surface area contributed by atoms with E-state index in [9.17, 15) is 18.0 Å². The molecule has 10 heteroatoms. The number of carbonyl (C=O) groups is 2. The molecule has 2 atom stereocenters. The summed E-state index contributed by atoms with van der Waals surface area (Å²) in [5.74, 6) is -1.63. The number of rotatable bonds is 6. The number of nitrogens with one attached hydrogen (secondary N) is 1. The normalized spacial score (nSPS) is 25.4. The summed E-state index contributed by atoms with van der Waals surface area (Å²) in [5.41, 5.74) is -0.639. The van der Waals surface area contributed by atoms with E-state index in [1.807, 2.05) is 18.2 Å². The third kappa shape index (κ3) is 4.15. The van der Waals surface area contributed by atoms with Crippen molar-refractivity contribution < 1.29 is 22.7 Å². The van der Waals surface area contributed by atoms with Crippen LogP contribution in [0.1, 0.15) is 19.5 Å². The first kappa shape index (κ1) is 21.7. The molecule has 2 aliphatic rings. The van der Waals surface area contributed by atoms with Gasteiger partial charge in [-0.05, 0) is 26.0 Å². The Bertz CT molecular complexity index is 861. The predicted octanol–water partition coefficient (Wildman–Crippen LogP) is -0.362. The second kappa shape index (κ2) is 8.37. The summed E-state index contributed by atoms with van der Waals surface area (Å²) in [6.07, 6.45) is 2.25. The number of likely N-dealkylation sites (N-methyl/N-ethyl adjacent to an activating group) is 1. The molecule has 1 spiro atoms. The number of hydrogen-bond donors (Lipinski definition) is 1. The molecule has 0 aliphatic carbocycles. The van der Waals surface area contributed by atoms with Gasteiger partial charge >= 0.3 is 0 Å². The topological polar surface area (TPSA) is 109 Å². The second-order valence-electron chi connectivity index (χ2n) is 7.76. The highest BCUT2D eigenvalue weighted by Gasteiger charge is 2.60. The first-order valence-electron chi connectivity index (χ1n) is 9.74. The molecule has 0 unspecified atom stereocenters. The first-order chi connectivity index (χ1) is 13.7. The van der Waals surface area contributed by atoms with E-state index in [1.54, 1.807) is 27.1 Å². The van der Waals surface area contributed by atoms with E-state index in [0.29, 0.717) is 19.5 Å². The van der Waals surface area contributed by atoms with Crippen molar-refractivity contribution in [2.45, 2.75) is 31.1 Å². The van der Waals surface area contributed by atoms with Gasteiger partial charge in [0, 0.05) is 45.0 Å².